The average Bonchev–Trinajstić information content (AvgIpc) is 3.40. The van der Waals surface area contributed by atoms with Crippen molar-refractivity contribution in [3.05, 3.63) is 16.6 Å². The molecule has 1 aliphatic carbocycles. The average molecular weight is 682 g/mol. The Balaban J connectivity index is 0. The molecular weight excluding hydrogens is 595 g/mol. The van der Waals surface area contributed by atoms with Gasteiger partial charge in [0.15, 0.2) is 0 Å². The number of rotatable bonds is 9. The van der Waals surface area contributed by atoms with E-state index < -0.39 is 0 Å². The van der Waals surface area contributed by atoms with Gasteiger partial charge < -0.3 is 14.5 Å². The molecule has 0 atom stereocenters. The Morgan fingerprint density at radius 2 is 1.32 bits per heavy atom. The normalized spacial score (nSPS) is 16.1. The molecule has 47 heavy (non-hydrogen) atoms. The molecule has 2 fully saturated rings. The molecular formula is C42H87N3OS. The largest absolute Gasteiger partial charge is 0.385 e. The fourth-order valence-electron chi connectivity index (χ4n) is 4.96. The third kappa shape index (κ3) is 39.8. The van der Waals surface area contributed by atoms with E-state index in [0.717, 1.165) is 31.3 Å². The van der Waals surface area contributed by atoms with Gasteiger partial charge in [-0.05, 0) is 119 Å². The molecule has 0 unspecified atom stereocenters. The molecule has 3 rings (SSSR count). The lowest BCUT2D eigenvalue weighted by molar-refractivity contribution is 0.159. The van der Waals surface area contributed by atoms with Gasteiger partial charge in [0.05, 0.1) is 11.2 Å². The topological polar surface area (TPSA) is 28.6 Å². The van der Waals surface area contributed by atoms with Gasteiger partial charge in [-0.25, -0.2) is 4.98 Å². The van der Waals surface area contributed by atoms with Crippen LogP contribution >= 0.6 is 11.3 Å². The second-order valence-electron chi connectivity index (χ2n) is 19.8. The molecule has 1 aliphatic heterocycles. The van der Waals surface area contributed by atoms with Crippen LogP contribution in [0.25, 0.3) is 0 Å². The van der Waals surface area contributed by atoms with Crippen molar-refractivity contribution in [3.8, 4) is 0 Å². The van der Waals surface area contributed by atoms with E-state index >= 15 is 0 Å². The van der Waals surface area contributed by atoms with Crippen LogP contribution in [0, 0.1) is 33.5 Å². The van der Waals surface area contributed by atoms with E-state index in [4.69, 9.17) is 4.74 Å². The first-order chi connectivity index (χ1) is 21.4. The van der Waals surface area contributed by atoms with Gasteiger partial charge in [-0.15, -0.1) is 11.3 Å². The highest BCUT2D eigenvalue weighted by Gasteiger charge is 2.23. The Bertz CT molecular complexity index is 797. The summed E-state index contributed by atoms with van der Waals surface area (Å²) in [7, 11) is 5.98. The fourth-order valence-corrected chi connectivity index (χ4v) is 5.53. The Labute approximate surface area is 301 Å². The van der Waals surface area contributed by atoms with E-state index in [1.54, 1.807) is 18.4 Å². The van der Waals surface area contributed by atoms with Gasteiger partial charge in [-0.1, -0.05) is 123 Å². The molecule has 0 radical (unpaired) electrons. The minimum Gasteiger partial charge on any atom is -0.385 e. The molecule has 0 amide bonds. The lowest BCUT2D eigenvalue weighted by Crippen LogP contribution is -2.32. The maximum Gasteiger partial charge on any atom is 0.0794 e. The van der Waals surface area contributed by atoms with E-state index in [0.29, 0.717) is 21.7 Å². The Hall–Kier alpha value is -0.490. The minimum atomic E-state index is 0.427. The van der Waals surface area contributed by atoms with Crippen LogP contribution in [0.15, 0.2) is 10.9 Å². The zero-order chi connectivity index (χ0) is 36.7. The van der Waals surface area contributed by atoms with Crippen molar-refractivity contribution < 1.29 is 4.74 Å². The van der Waals surface area contributed by atoms with Crippen molar-refractivity contribution in [2.75, 3.05) is 54.0 Å². The molecule has 0 aromatic carbocycles. The SMILES string of the molecule is CC(C)(C)CC1CCC1.CC(C)(C)CCN1CCCCC1.CC(C)Cc1cscn1.CN(C)CCC(C)(C)C.COCCC(C)(C)C. The van der Waals surface area contributed by atoms with Crippen molar-refractivity contribution in [2.24, 2.45) is 33.5 Å². The summed E-state index contributed by atoms with van der Waals surface area (Å²) in [6.07, 6.45) is 15.1. The third-order valence-electron chi connectivity index (χ3n) is 8.22. The monoisotopic (exact) mass is 682 g/mol. The van der Waals surface area contributed by atoms with Crippen LogP contribution in [0.3, 0.4) is 0 Å². The molecule has 0 spiro atoms. The predicted molar refractivity (Wildman–Crippen MR) is 215 cm³/mol. The number of ether oxygens (including phenoxy) is 1. The number of thiazole rings is 1. The molecule has 0 N–H and O–H groups in total. The molecule has 0 bridgehead atoms. The standard InChI is InChI=1S/C11H23N.C9H18.C8H19N.C7H11NS.C7H16O/c1-11(2,3)7-10-12-8-5-4-6-9-12;1-9(2,3)7-8-5-4-6-8;1-8(2,3)6-7-9(4)5;1-6(2)3-7-4-9-5-8-7;1-7(2,3)5-6-8-4/h4-10H2,1-3H3;8H,4-7H2,1-3H3;6-7H2,1-5H3;4-6H,3H2,1-2H3;5-6H2,1-4H3. The van der Waals surface area contributed by atoms with Crippen molar-refractivity contribution in [2.45, 2.75) is 168 Å². The van der Waals surface area contributed by atoms with Crippen molar-refractivity contribution >= 4 is 11.3 Å². The minimum absolute atomic E-state index is 0.427. The van der Waals surface area contributed by atoms with E-state index in [-0.39, 0.29) is 0 Å². The molecule has 5 heteroatoms. The van der Waals surface area contributed by atoms with Crippen LogP contribution in [0.2, 0.25) is 0 Å². The highest BCUT2D eigenvalue weighted by atomic mass is 32.1. The first-order valence-electron chi connectivity index (χ1n) is 19.2. The fraction of sp³-hybridized carbons (Fsp3) is 0.929. The van der Waals surface area contributed by atoms with Crippen LogP contribution in [0.5, 0.6) is 0 Å². The van der Waals surface area contributed by atoms with Crippen LogP contribution in [0.4, 0.5) is 0 Å². The number of piperidine rings is 1. The van der Waals surface area contributed by atoms with Crippen molar-refractivity contribution in [1.29, 1.82) is 0 Å². The summed E-state index contributed by atoms with van der Waals surface area (Å²) in [6.45, 7) is 38.0. The number of nitrogens with zero attached hydrogens (tertiary/aromatic N) is 3. The van der Waals surface area contributed by atoms with Gasteiger partial charge in [0.1, 0.15) is 0 Å². The van der Waals surface area contributed by atoms with Gasteiger partial charge in [-0.2, -0.15) is 0 Å². The van der Waals surface area contributed by atoms with Crippen LogP contribution < -0.4 is 0 Å². The quantitative estimate of drug-likeness (QED) is 0.259. The van der Waals surface area contributed by atoms with Gasteiger partial charge >= 0.3 is 0 Å². The van der Waals surface area contributed by atoms with Gasteiger partial charge in [-0.3, -0.25) is 0 Å². The van der Waals surface area contributed by atoms with E-state index in [2.05, 4.69) is 131 Å². The number of aromatic nitrogens is 1. The molecule has 2 heterocycles. The number of hydrogen-bond donors (Lipinski definition) is 0. The second-order valence-corrected chi connectivity index (χ2v) is 20.5. The van der Waals surface area contributed by atoms with Gasteiger partial charge in [0.25, 0.3) is 0 Å². The smallest absolute Gasteiger partial charge is 0.0794 e. The lowest BCUT2D eigenvalue weighted by atomic mass is 9.74. The maximum atomic E-state index is 4.92. The molecule has 282 valence electrons. The summed E-state index contributed by atoms with van der Waals surface area (Å²) in [5.74, 6) is 1.80. The van der Waals surface area contributed by atoms with Crippen molar-refractivity contribution in [1.82, 2.24) is 14.8 Å². The van der Waals surface area contributed by atoms with Crippen LogP contribution in [0.1, 0.15) is 167 Å². The predicted octanol–water partition coefficient (Wildman–Crippen LogP) is 12.5. The van der Waals surface area contributed by atoms with E-state index in [1.807, 2.05) is 5.51 Å². The zero-order valence-electron chi connectivity index (χ0n) is 35.3. The summed E-state index contributed by atoms with van der Waals surface area (Å²) in [4.78, 5) is 9.02. The first kappa shape index (κ1) is 48.6. The summed E-state index contributed by atoms with van der Waals surface area (Å²) in [6, 6.07) is 0. The lowest BCUT2D eigenvalue weighted by Gasteiger charge is -2.31. The Kier molecular flexibility index (Phi) is 26.3. The van der Waals surface area contributed by atoms with Gasteiger partial charge in [0, 0.05) is 19.1 Å². The van der Waals surface area contributed by atoms with E-state index in [1.165, 1.54) is 89.7 Å². The summed E-state index contributed by atoms with van der Waals surface area (Å²) < 4.78 is 4.92. The van der Waals surface area contributed by atoms with Crippen LogP contribution in [-0.2, 0) is 11.2 Å². The van der Waals surface area contributed by atoms with Gasteiger partial charge in [0.2, 0.25) is 0 Å². The molecule has 1 aromatic rings. The molecule has 1 aromatic heterocycles. The second kappa shape index (κ2) is 25.5. The highest BCUT2D eigenvalue weighted by molar-refractivity contribution is 7.07. The number of methoxy groups -OCH3 is 1. The molecule has 1 saturated heterocycles. The molecule has 2 aliphatic rings. The number of hydrogen-bond acceptors (Lipinski definition) is 5. The Morgan fingerprint density at radius 1 is 0.787 bits per heavy atom. The maximum absolute atomic E-state index is 4.92. The zero-order valence-corrected chi connectivity index (χ0v) is 36.1. The Morgan fingerprint density at radius 3 is 1.60 bits per heavy atom. The summed E-state index contributed by atoms with van der Waals surface area (Å²) in [5.41, 5.74) is 5.12. The number of likely N-dealkylation sites (tertiary alicyclic amines) is 1. The molecule has 4 nitrogen and oxygen atoms in total. The highest BCUT2D eigenvalue weighted by Crippen LogP contribution is 2.36. The summed E-state index contributed by atoms with van der Waals surface area (Å²) >= 11 is 1.67. The first-order valence-corrected chi connectivity index (χ1v) is 20.1. The van der Waals surface area contributed by atoms with Crippen molar-refractivity contribution in [3.63, 3.8) is 0 Å². The van der Waals surface area contributed by atoms with E-state index in [9.17, 15) is 0 Å². The summed E-state index contributed by atoms with van der Waals surface area (Å²) in [5, 5.41) is 2.11. The third-order valence-corrected chi connectivity index (χ3v) is 8.85. The molecule has 1 saturated carbocycles. The van der Waals surface area contributed by atoms with Crippen LogP contribution in [-0.4, -0.2) is 68.8 Å².